The Morgan fingerprint density at radius 2 is 1.96 bits per heavy atom. The van der Waals surface area contributed by atoms with Crippen LogP contribution < -0.4 is 5.32 Å². The van der Waals surface area contributed by atoms with Gasteiger partial charge in [0.2, 0.25) is 0 Å². The maximum absolute atomic E-state index is 12.4. The Kier molecular flexibility index (Phi) is 5.36. The molecule has 3 rings (SSSR count). The highest BCUT2D eigenvalue weighted by Crippen LogP contribution is 2.40. The first-order valence-corrected chi connectivity index (χ1v) is 9.03. The number of carbonyl (C=O) groups is 3. The molecule has 2 bridgehead atoms. The second-order valence-electron chi connectivity index (χ2n) is 7.16. The van der Waals surface area contributed by atoms with E-state index in [1.807, 2.05) is 6.07 Å². The Bertz CT molecular complexity index is 751. The van der Waals surface area contributed by atoms with E-state index in [0.717, 1.165) is 19.3 Å². The third-order valence-corrected chi connectivity index (χ3v) is 5.30. The Morgan fingerprint density at radius 1 is 1.27 bits per heavy atom. The number of nitrogens with zero attached hydrogens (tertiary/aromatic N) is 1. The molecule has 1 amide bonds. The predicted octanol–water partition coefficient (Wildman–Crippen LogP) is 2.82. The molecule has 2 aliphatic rings. The molecular weight excluding hydrogens is 332 g/mol. The molecule has 0 radical (unpaired) electrons. The molecule has 2 aliphatic carbocycles. The Labute approximate surface area is 152 Å². The van der Waals surface area contributed by atoms with E-state index in [0.29, 0.717) is 29.9 Å². The number of carbonyl (C=O) groups excluding carboxylic acids is 3. The summed E-state index contributed by atoms with van der Waals surface area (Å²) in [4.78, 5) is 36.8. The van der Waals surface area contributed by atoms with E-state index < -0.39 is 18.0 Å². The number of Topliss-reactive ketones (excluding diaryl/α,β-unsaturated/α-hetero) is 1. The molecule has 6 nitrogen and oxygen atoms in total. The van der Waals surface area contributed by atoms with Gasteiger partial charge in [-0.3, -0.25) is 14.4 Å². The van der Waals surface area contributed by atoms with Gasteiger partial charge in [-0.1, -0.05) is 12.5 Å². The number of ketones is 1. The van der Waals surface area contributed by atoms with Crippen LogP contribution in [0.2, 0.25) is 0 Å². The molecule has 1 aromatic rings. The van der Waals surface area contributed by atoms with Crippen LogP contribution in [-0.2, 0) is 19.1 Å². The summed E-state index contributed by atoms with van der Waals surface area (Å²) in [6.45, 7) is 1.52. The number of nitriles is 1. The molecule has 1 aromatic carbocycles. The van der Waals surface area contributed by atoms with Crippen LogP contribution in [0, 0.1) is 29.1 Å². The molecule has 0 spiro atoms. The van der Waals surface area contributed by atoms with Crippen molar-refractivity contribution in [2.24, 2.45) is 17.8 Å². The number of hydrogen-bond acceptors (Lipinski definition) is 5. The lowest BCUT2D eigenvalue weighted by molar-refractivity contribution is -0.161. The average Bonchev–Trinajstić information content (AvgIpc) is 2.61. The molecule has 0 aliphatic heterocycles. The Morgan fingerprint density at radius 3 is 2.62 bits per heavy atom. The number of nitrogens with one attached hydrogen (secondary N) is 1. The Hall–Kier alpha value is -2.68. The van der Waals surface area contributed by atoms with Crippen LogP contribution in [0.5, 0.6) is 0 Å². The predicted molar refractivity (Wildman–Crippen MR) is 93.9 cm³/mol. The van der Waals surface area contributed by atoms with Gasteiger partial charge in [0.25, 0.3) is 5.91 Å². The molecule has 26 heavy (non-hydrogen) atoms. The molecule has 0 aromatic heterocycles. The lowest BCUT2D eigenvalue weighted by Gasteiger charge is -2.36. The molecule has 136 valence electrons. The first kappa shape index (κ1) is 18.1. The van der Waals surface area contributed by atoms with E-state index in [9.17, 15) is 14.4 Å². The van der Waals surface area contributed by atoms with Gasteiger partial charge in [0.05, 0.1) is 17.6 Å². The summed E-state index contributed by atoms with van der Waals surface area (Å²) in [5.74, 6) is -0.914. The SMILES string of the molecule is CC(OC(=O)C1CC2CCCC(C1)C2=O)C(=O)Nc1cccc(C#N)c1. The second kappa shape index (κ2) is 7.69. The minimum Gasteiger partial charge on any atom is -0.452 e. The highest BCUT2D eigenvalue weighted by molar-refractivity contribution is 5.95. The van der Waals surface area contributed by atoms with Crippen molar-refractivity contribution in [2.75, 3.05) is 5.32 Å². The number of esters is 1. The van der Waals surface area contributed by atoms with Crippen molar-refractivity contribution in [3.63, 3.8) is 0 Å². The summed E-state index contributed by atoms with van der Waals surface area (Å²) in [5.41, 5.74) is 0.917. The van der Waals surface area contributed by atoms with E-state index in [4.69, 9.17) is 10.00 Å². The van der Waals surface area contributed by atoms with Gasteiger partial charge in [0.1, 0.15) is 5.78 Å². The minimum absolute atomic E-state index is 0.0297. The van der Waals surface area contributed by atoms with Crippen molar-refractivity contribution < 1.29 is 19.1 Å². The van der Waals surface area contributed by atoms with Crippen LogP contribution in [0.25, 0.3) is 0 Å². The summed E-state index contributed by atoms with van der Waals surface area (Å²) >= 11 is 0. The van der Waals surface area contributed by atoms with Crippen molar-refractivity contribution in [3.8, 4) is 6.07 Å². The van der Waals surface area contributed by atoms with Crippen LogP contribution in [0.4, 0.5) is 5.69 Å². The second-order valence-corrected chi connectivity index (χ2v) is 7.16. The van der Waals surface area contributed by atoms with Crippen LogP contribution >= 0.6 is 0 Å². The van der Waals surface area contributed by atoms with Gasteiger partial charge in [0.15, 0.2) is 6.10 Å². The zero-order valence-electron chi connectivity index (χ0n) is 14.7. The highest BCUT2D eigenvalue weighted by Gasteiger charge is 2.42. The van der Waals surface area contributed by atoms with Crippen molar-refractivity contribution in [1.29, 1.82) is 5.26 Å². The fourth-order valence-corrected chi connectivity index (χ4v) is 3.91. The zero-order chi connectivity index (χ0) is 18.7. The maximum Gasteiger partial charge on any atom is 0.309 e. The molecule has 0 saturated heterocycles. The highest BCUT2D eigenvalue weighted by atomic mass is 16.5. The van der Waals surface area contributed by atoms with Crippen molar-refractivity contribution in [1.82, 2.24) is 0 Å². The number of benzene rings is 1. The summed E-state index contributed by atoms with van der Waals surface area (Å²) in [7, 11) is 0. The lowest BCUT2D eigenvalue weighted by atomic mass is 9.67. The minimum atomic E-state index is -0.939. The largest absolute Gasteiger partial charge is 0.452 e. The van der Waals surface area contributed by atoms with E-state index in [2.05, 4.69) is 5.32 Å². The standard InChI is InChI=1S/C20H22N2O4/c1-12(19(24)22-17-7-2-4-13(8-17)11-21)26-20(25)16-9-14-5-3-6-15(10-16)18(14)23/h2,4,7-8,12,14-16H,3,5-6,9-10H2,1H3,(H,22,24). The number of fused-ring (bicyclic) bond motifs is 2. The first-order chi connectivity index (χ1) is 12.5. The van der Waals surface area contributed by atoms with E-state index in [1.54, 1.807) is 24.3 Å². The number of rotatable bonds is 4. The fraction of sp³-hybridized carbons (Fsp3) is 0.500. The van der Waals surface area contributed by atoms with Gasteiger partial charge in [0, 0.05) is 17.5 Å². The van der Waals surface area contributed by atoms with Crippen molar-refractivity contribution in [3.05, 3.63) is 29.8 Å². The molecule has 3 unspecified atom stereocenters. The smallest absolute Gasteiger partial charge is 0.309 e. The summed E-state index contributed by atoms with van der Waals surface area (Å²) in [5, 5.41) is 11.5. The van der Waals surface area contributed by atoms with Gasteiger partial charge in [-0.2, -0.15) is 5.26 Å². The summed E-state index contributed by atoms with van der Waals surface area (Å²) in [6.07, 6.45) is 2.88. The van der Waals surface area contributed by atoms with Crippen LogP contribution in [0.3, 0.4) is 0 Å². The molecule has 0 heterocycles. The van der Waals surface area contributed by atoms with Gasteiger partial charge in [-0.15, -0.1) is 0 Å². The summed E-state index contributed by atoms with van der Waals surface area (Å²) in [6, 6.07) is 8.54. The van der Waals surface area contributed by atoms with E-state index in [1.165, 1.54) is 6.92 Å². The van der Waals surface area contributed by atoms with Gasteiger partial charge < -0.3 is 10.1 Å². The third kappa shape index (κ3) is 3.93. The number of hydrogen-bond donors (Lipinski definition) is 1. The fourth-order valence-electron chi connectivity index (χ4n) is 3.91. The molecule has 2 saturated carbocycles. The quantitative estimate of drug-likeness (QED) is 0.839. The van der Waals surface area contributed by atoms with Gasteiger partial charge >= 0.3 is 5.97 Å². The maximum atomic E-state index is 12.4. The topological polar surface area (TPSA) is 96.3 Å². The van der Waals surface area contributed by atoms with Crippen molar-refractivity contribution >= 4 is 23.3 Å². The number of ether oxygens (including phenoxy) is 1. The first-order valence-electron chi connectivity index (χ1n) is 9.03. The normalized spacial score (nSPS) is 25.7. The number of amides is 1. The molecule has 3 atom stereocenters. The van der Waals surface area contributed by atoms with Crippen molar-refractivity contribution in [2.45, 2.75) is 45.1 Å². The zero-order valence-corrected chi connectivity index (χ0v) is 14.7. The van der Waals surface area contributed by atoms with Crippen LogP contribution in [-0.4, -0.2) is 23.8 Å². The third-order valence-electron chi connectivity index (χ3n) is 5.30. The molecule has 2 fully saturated rings. The lowest BCUT2D eigenvalue weighted by Crippen LogP contribution is -2.41. The molecule has 6 heteroatoms. The number of anilines is 1. The van der Waals surface area contributed by atoms with Crippen LogP contribution in [0.1, 0.15) is 44.6 Å². The monoisotopic (exact) mass is 354 g/mol. The average molecular weight is 354 g/mol. The van der Waals surface area contributed by atoms with E-state index in [-0.39, 0.29) is 17.8 Å². The van der Waals surface area contributed by atoms with Crippen LogP contribution in [0.15, 0.2) is 24.3 Å². The Balaban J connectivity index is 1.56. The van der Waals surface area contributed by atoms with Gasteiger partial charge in [-0.25, -0.2) is 0 Å². The molecule has 1 N–H and O–H groups in total. The van der Waals surface area contributed by atoms with E-state index >= 15 is 0 Å². The van der Waals surface area contributed by atoms with Gasteiger partial charge in [-0.05, 0) is 50.8 Å². The molecular formula is C20H22N2O4. The summed E-state index contributed by atoms with van der Waals surface area (Å²) < 4.78 is 5.35.